The van der Waals surface area contributed by atoms with Crippen molar-refractivity contribution in [1.82, 2.24) is 5.32 Å². The highest BCUT2D eigenvalue weighted by Gasteiger charge is 2.21. The number of anilines is 1. The van der Waals surface area contributed by atoms with Crippen molar-refractivity contribution in [1.29, 1.82) is 0 Å². The molecule has 0 bridgehead atoms. The number of phenols is 1. The van der Waals surface area contributed by atoms with Crippen molar-refractivity contribution in [3.05, 3.63) is 23.8 Å². The van der Waals surface area contributed by atoms with Crippen LogP contribution in [0.3, 0.4) is 0 Å². The zero-order valence-corrected chi connectivity index (χ0v) is 13.0. The summed E-state index contributed by atoms with van der Waals surface area (Å²) in [5.41, 5.74) is 1.58. The van der Waals surface area contributed by atoms with Crippen LogP contribution in [0.1, 0.15) is 57.6 Å². The van der Waals surface area contributed by atoms with Crippen molar-refractivity contribution in [2.75, 3.05) is 11.9 Å². The minimum atomic E-state index is 0.0171. The molecular formula is C17H26N2O2. The molecule has 4 heteroatoms. The predicted molar refractivity (Wildman–Crippen MR) is 85.4 cm³/mol. The van der Waals surface area contributed by atoms with E-state index in [1.165, 1.54) is 19.3 Å². The van der Waals surface area contributed by atoms with E-state index in [-0.39, 0.29) is 17.7 Å². The minimum absolute atomic E-state index is 0.0171. The number of rotatable bonds is 8. The molecule has 21 heavy (non-hydrogen) atoms. The van der Waals surface area contributed by atoms with Crippen LogP contribution in [-0.2, 0) is 4.79 Å². The summed E-state index contributed by atoms with van der Waals surface area (Å²) < 4.78 is 0. The topological polar surface area (TPSA) is 61.4 Å². The monoisotopic (exact) mass is 290 g/mol. The maximum absolute atomic E-state index is 11.6. The largest absolute Gasteiger partial charge is 0.508 e. The summed E-state index contributed by atoms with van der Waals surface area (Å²) >= 11 is 0. The number of amides is 1. The van der Waals surface area contributed by atoms with Crippen molar-refractivity contribution in [3.63, 3.8) is 0 Å². The van der Waals surface area contributed by atoms with Gasteiger partial charge in [-0.05, 0) is 50.4 Å². The molecule has 1 unspecified atom stereocenters. The maximum atomic E-state index is 11.6. The number of carbonyl (C=O) groups is 1. The second-order valence-electron chi connectivity index (χ2n) is 5.98. The van der Waals surface area contributed by atoms with Gasteiger partial charge in [0.25, 0.3) is 0 Å². The van der Waals surface area contributed by atoms with Crippen LogP contribution < -0.4 is 10.6 Å². The van der Waals surface area contributed by atoms with Crippen LogP contribution in [0.25, 0.3) is 0 Å². The zero-order valence-electron chi connectivity index (χ0n) is 13.0. The van der Waals surface area contributed by atoms with E-state index in [1.54, 1.807) is 12.1 Å². The Balaban J connectivity index is 1.94. The molecule has 1 fully saturated rings. The van der Waals surface area contributed by atoms with Crippen molar-refractivity contribution >= 4 is 11.6 Å². The molecule has 2 rings (SSSR count). The molecule has 1 saturated carbocycles. The van der Waals surface area contributed by atoms with Gasteiger partial charge in [-0.2, -0.15) is 0 Å². The summed E-state index contributed by atoms with van der Waals surface area (Å²) in [6.07, 6.45) is 5.28. The summed E-state index contributed by atoms with van der Waals surface area (Å²) in [5, 5.41) is 16.3. The van der Waals surface area contributed by atoms with Crippen LogP contribution in [-0.4, -0.2) is 17.6 Å². The number of hydrogen-bond donors (Lipinski definition) is 3. The first-order chi connectivity index (χ1) is 10.1. The predicted octanol–water partition coefficient (Wildman–Crippen LogP) is 3.58. The third-order valence-electron chi connectivity index (χ3n) is 3.95. The Kier molecular flexibility index (Phi) is 5.62. The van der Waals surface area contributed by atoms with Crippen LogP contribution >= 0.6 is 0 Å². The first kappa shape index (κ1) is 15.8. The second kappa shape index (κ2) is 7.46. The SMILES string of the molecule is CCCC(=O)Nc1ccc(O)c(C(C)NCCC2CC2)c1. The highest BCUT2D eigenvalue weighted by atomic mass is 16.3. The Labute approximate surface area is 126 Å². The Morgan fingerprint density at radius 3 is 2.86 bits per heavy atom. The fourth-order valence-electron chi connectivity index (χ4n) is 2.45. The lowest BCUT2D eigenvalue weighted by Crippen LogP contribution is -2.20. The molecule has 1 aliphatic rings. The first-order valence-corrected chi connectivity index (χ1v) is 7.96. The quantitative estimate of drug-likeness (QED) is 0.641. The molecule has 116 valence electrons. The number of carbonyl (C=O) groups excluding carboxylic acids is 1. The van der Waals surface area contributed by atoms with Crippen LogP contribution in [0.5, 0.6) is 5.75 Å². The van der Waals surface area contributed by atoms with Gasteiger partial charge in [0.15, 0.2) is 0 Å². The fraction of sp³-hybridized carbons (Fsp3) is 0.588. The molecule has 1 aromatic carbocycles. The van der Waals surface area contributed by atoms with E-state index >= 15 is 0 Å². The number of aromatic hydroxyl groups is 1. The molecule has 3 N–H and O–H groups in total. The summed E-state index contributed by atoms with van der Waals surface area (Å²) in [7, 11) is 0. The number of nitrogens with one attached hydrogen (secondary N) is 2. The minimum Gasteiger partial charge on any atom is -0.508 e. The van der Waals surface area contributed by atoms with Gasteiger partial charge in [0.2, 0.25) is 5.91 Å². The van der Waals surface area contributed by atoms with Gasteiger partial charge in [0, 0.05) is 23.7 Å². The molecule has 0 spiro atoms. The lowest BCUT2D eigenvalue weighted by molar-refractivity contribution is -0.116. The van der Waals surface area contributed by atoms with E-state index in [2.05, 4.69) is 10.6 Å². The van der Waals surface area contributed by atoms with Crippen LogP contribution in [0.2, 0.25) is 0 Å². The number of hydrogen-bond acceptors (Lipinski definition) is 3. The van der Waals surface area contributed by atoms with E-state index in [9.17, 15) is 9.90 Å². The Bertz CT molecular complexity index is 484. The van der Waals surface area contributed by atoms with E-state index in [0.717, 1.165) is 30.1 Å². The molecule has 0 aliphatic heterocycles. The van der Waals surface area contributed by atoms with Gasteiger partial charge in [-0.15, -0.1) is 0 Å². The molecule has 0 saturated heterocycles. The van der Waals surface area contributed by atoms with E-state index in [4.69, 9.17) is 0 Å². The van der Waals surface area contributed by atoms with E-state index in [1.807, 2.05) is 19.9 Å². The third kappa shape index (κ3) is 5.05. The third-order valence-corrected chi connectivity index (χ3v) is 3.95. The van der Waals surface area contributed by atoms with Crippen LogP contribution in [0.4, 0.5) is 5.69 Å². The fourth-order valence-corrected chi connectivity index (χ4v) is 2.45. The molecule has 0 radical (unpaired) electrons. The highest BCUT2D eigenvalue weighted by molar-refractivity contribution is 5.90. The molecular weight excluding hydrogens is 264 g/mol. The summed E-state index contributed by atoms with van der Waals surface area (Å²) in [5.74, 6) is 1.19. The van der Waals surface area contributed by atoms with Crippen molar-refractivity contribution in [2.24, 2.45) is 5.92 Å². The Morgan fingerprint density at radius 2 is 2.19 bits per heavy atom. The summed E-state index contributed by atoms with van der Waals surface area (Å²) in [6.45, 7) is 4.99. The zero-order chi connectivity index (χ0) is 15.2. The van der Waals surface area contributed by atoms with Gasteiger partial charge in [0.1, 0.15) is 5.75 Å². The summed E-state index contributed by atoms with van der Waals surface area (Å²) in [4.78, 5) is 11.6. The van der Waals surface area contributed by atoms with Crippen LogP contribution in [0, 0.1) is 5.92 Å². The smallest absolute Gasteiger partial charge is 0.224 e. The number of phenolic OH excluding ortho intramolecular Hbond substituents is 1. The molecule has 0 aromatic heterocycles. The van der Waals surface area contributed by atoms with Gasteiger partial charge >= 0.3 is 0 Å². The number of benzene rings is 1. The Morgan fingerprint density at radius 1 is 1.43 bits per heavy atom. The lowest BCUT2D eigenvalue weighted by Gasteiger charge is -2.17. The summed E-state index contributed by atoms with van der Waals surface area (Å²) in [6, 6.07) is 5.32. The molecule has 1 atom stereocenters. The first-order valence-electron chi connectivity index (χ1n) is 7.96. The maximum Gasteiger partial charge on any atom is 0.224 e. The van der Waals surface area contributed by atoms with Crippen molar-refractivity contribution in [3.8, 4) is 5.75 Å². The average Bonchev–Trinajstić information content (AvgIpc) is 3.25. The Hall–Kier alpha value is -1.55. The van der Waals surface area contributed by atoms with Crippen molar-refractivity contribution in [2.45, 2.75) is 52.0 Å². The van der Waals surface area contributed by atoms with Gasteiger partial charge < -0.3 is 15.7 Å². The van der Waals surface area contributed by atoms with E-state index < -0.39 is 0 Å². The van der Waals surface area contributed by atoms with E-state index in [0.29, 0.717) is 6.42 Å². The highest BCUT2D eigenvalue weighted by Crippen LogP contribution is 2.32. The molecule has 1 amide bonds. The standard InChI is InChI=1S/C17H26N2O2/c1-3-4-17(21)19-14-7-8-16(20)15(11-14)12(2)18-10-9-13-5-6-13/h7-8,11-13,18,20H,3-6,9-10H2,1-2H3,(H,19,21). The van der Waals surface area contributed by atoms with Gasteiger partial charge in [-0.1, -0.05) is 19.8 Å². The van der Waals surface area contributed by atoms with Gasteiger partial charge in [-0.3, -0.25) is 4.79 Å². The molecule has 1 aliphatic carbocycles. The van der Waals surface area contributed by atoms with Crippen molar-refractivity contribution < 1.29 is 9.90 Å². The van der Waals surface area contributed by atoms with Gasteiger partial charge in [-0.25, -0.2) is 0 Å². The van der Waals surface area contributed by atoms with Gasteiger partial charge in [0.05, 0.1) is 0 Å². The van der Waals surface area contributed by atoms with Crippen LogP contribution in [0.15, 0.2) is 18.2 Å². The normalized spacial score (nSPS) is 15.7. The molecule has 0 heterocycles. The average molecular weight is 290 g/mol. The molecule has 1 aromatic rings. The second-order valence-corrected chi connectivity index (χ2v) is 5.98. The lowest BCUT2D eigenvalue weighted by atomic mass is 10.1. The molecule has 4 nitrogen and oxygen atoms in total.